The van der Waals surface area contributed by atoms with Gasteiger partial charge in [-0.25, -0.2) is 9.59 Å². The molecule has 140 valence electrons. The highest BCUT2D eigenvalue weighted by Gasteiger charge is 2.24. The summed E-state index contributed by atoms with van der Waals surface area (Å²) in [5.41, 5.74) is 1.38. The highest BCUT2D eigenvalue weighted by molar-refractivity contribution is 5.99. The summed E-state index contributed by atoms with van der Waals surface area (Å²) in [6, 6.07) is 3.48. The lowest BCUT2D eigenvalue weighted by Crippen LogP contribution is -2.30. The summed E-state index contributed by atoms with van der Waals surface area (Å²) in [5.74, 6) is -0.962. The van der Waals surface area contributed by atoms with Crippen molar-refractivity contribution in [2.24, 2.45) is 0 Å². The third-order valence-electron chi connectivity index (χ3n) is 3.85. The second-order valence-electron chi connectivity index (χ2n) is 5.75. The molecule has 0 saturated carbocycles. The van der Waals surface area contributed by atoms with E-state index in [0.29, 0.717) is 22.6 Å². The maximum atomic E-state index is 12.3. The number of carbonyl (C=O) groups excluding carboxylic acids is 3. The number of aromatic nitrogens is 1. The van der Waals surface area contributed by atoms with Crippen molar-refractivity contribution in [3.63, 3.8) is 0 Å². The number of aryl methyl sites for hydroxylation is 1. The van der Waals surface area contributed by atoms with Gasteiger partial charge < -0.3 is 23.8 Å². The van der Waals surface area contributed by atoms with Crippen LogP contribution in [0.5, 0.6) is 0 Å². The minimum absolute atomic E-state index is 0.132. The molecule has 0 bridgehead atoms. The fraction of sp³-hybridized carbons (Fsp3) is 0.389. The van der Waals surface area contributed by atoms with E-state index in [4.69, 9.17) is 13.9 Å². The maximum Gasteiger partial charge on any atom is 0.355 e. The molecule has 2 heterocycles. The highest BCUT2D eigenvalue weighted by atomic mass is 16.5. The number of hydrogen-bond acceptors (Lipinski definition) is 6. The van der Waals surface area contributed by atoms with E-state index in [1.807, 2.05) is 0 Å². The van der Waals surface area contributed by atoms with Crippen molar-refractivity contribution in [1.82, 2.24) is 9.88 Å². The van der Waals surface area contributed by atoms with Gasteiger partial charge in [-0.1, -0.05) is 0 Å². The number of furan rings is 1. The van der Waals surface area contributed by atoms with Gasteiger partial charge in [-0.05, 0) is 38.5 Å². The smallest absolute Gasteiger partial charge is 0.355 e. The summed E-state index contributed by atoms with van der Waals surface area (Å²) in [4.78, 5) is 40.5. The summed E-state index contributed by atoms with van der Waals surface area (Å²) in [5, 5.41) is 0. The Labute approximate surface area is 151 Å². The average molecular weight is 362 g/mol. The Hall–Kier alpha value is -3.03. The Morgan fingerprint density at radius 2 is 1.92 bits per heavy atom. The van der Waals surface area contributed by atoms with Crippen LogP contribution >= 0.6 is 0 Å². The van der Waals surface area contributed by atoms with Crippen molar-refractivity contribution in [2.45, 2.75) is 27.3 Å². The predicted octanol–water partition coefficient (Wildman–Crippen LogP) is 2.22. The normalized spacial score (nSPS) is 10.5. The molecule has 0 aliphatic heterocycles. The number of hydrogen-bond donors (Lipinski definition) is 1. The minimum atomic E-state index is -0.708. The van der Waals surface area contributed by atoms with Crippen molar-refractivity contribution in [3.05, 3.63) is 46.7 Å². The van der Waals surface area contributed by atoms with Gasteiger partial charge in [-0.3, -0.25) is 4.79 Å². The lowest BCUT2D eigenvalue weighted by atomic mass is 10.1. The lowest BCUT2D eigenvalue weighted by Gasteiger charge is -2.15. The van der Waals surface area contributed by atoms with Gasteiger partial charge >= 0.3 is 11.9 Å². The Morgan fingerprint density at radius 1 is 1.19 bits per heavy atom. The van der Waals surface area contributed by atoms with Crippen molar-refractivity contribution in [1.29, 1.82) is 0 Å². The molecule has 2 rings (SSSR count). The number of H-pyrrole nitrogens is 1. The largest absolute Gasteiger partial charge is 0.467 e. The van der Waals surface area contributed by atoms with E-state index >= 15 is 0 Å². The maximum absolute atomic E-state index is 12.3. The number of ether oxygens (including phenoxy) is 2. The Balaban J connectivity index is 1.98. The number of nitrogens with one attached hydrogen (secondary N) is 1. The zero-order valence-electron chi connectivity index (χ0n) is 15.3. The van der Waals surface area contributed by atoms with Crippen LogP contribution in [0.4, 0.5) is 0 Å². The SMILES string of the molecule is CCOC(=O)c1c(C)[nH]c(C(=O)OCC(=O)N(C)Cc2ccco2)c1C. The van der Waals surface area contributed by atoms with E-state index in [0.717, 1.165) is 0 Å². The number of amides is 1. The quantitative estimate of drug-likeness (QED) is 0.758. The molecule has 0 aromatic carbocycles. The topological polar surface area (TPSA) is 102 Å². The monoisotopic (exact) mass is 362 g/mol. The van der Waals surface area contributed by atoms with Crippen LogP contribution in [-0.2, 0) is 20.8 Å². The molecular formula is C18H22N2O6. The van der Waals surface area contributed by atoms with Crippen LogP contribution in [0.2, 0.25) is 0 Å². The van der Waals surface area contributed by atoms with Crippen LogP contribution in [0.3, 0.4) is 0 Å². The molecule has 0 atom stereocenters. The molecular weight excluding hydrogens is 340 g/mol. The van der Waals surface area contributed by atoms with Gasteiger partial charge in [0.15, 0.2) is 6.61 Å². The molecule has 0 aliphatic rings. The van der Waals surface area contributed by atoms with E-state index in [-0.39, 0.29) is 24.8 Å². The van der Waals surface area contributed by atoms with Crippen LogP contribution < -0.4 is 0 Å². The molecule has 1 N–H and O–H groups in total. The summed E-state index contributed by atoms with van der Waals surface area (Å²) in [7, 11) is 1.58. The fourth-order valence-corrected chi connectivity index (χ4v) is 2.50. The number of likely N-dealkylation sites (N-methyl/N-ethyl adjacent to an activating group) is 1. The van der Waals surface area contributed by atoms with Gasteiger partial charge in [0.2, 0.25) is 0 Å². The highest BCUT2D eigenvalue weighted by Crippen LogP contribution is 2.20. The molecule has 0 fully saturated rings. The molecule has 8 heteroatoms. The third-order valence-corrected chi connectivity index (χ3v) is 3.85. The Bertz CT molecular complexity index is 791. The first-order valence-electron chi connectivity index (χ1n) is 8.14. The lowest BCUT2D eigenvalue weighted by molar-refractivity contribution is -0.134. The van der Waals surface area contributed by atoms with Crippen LogP contribution in [0, 0.1) is 13.8 Å². The average Bonchev–Trinajstić information content (AvgIpc) is 3.20. The number of aromatic amines is 1. The molecule has 8 nitrogen and oxygen atoms in total. The van der Waals surface area contributed by atoms with E-state index in [9.17, 15) is 14.4 Å². The fourth-order valence-electron chi connectivity index (χ4n) is 2.50. The molecule has 0 aliphatic carbocycles. The Morgan fingerprint density at radius 3 is 2.54 bits per heavy atom. The van der Waals surface area contributed by atoms with Crippen LogP contribution in [0.1, 0.15) is 44.8 Å². The van der Waals surface area contributed by atoms with E-state index < -0.39 is 18.5 Å². The number of nitrogens with zero attached hydrogens (tertiary/aromatic N) is 1. The molecule has 0 saturated heterocycles. The van der Waals surface area contributed by atoms with Crippen molar-refractivity contribution >= 4 is 17.8 Å². The third kappa shape index (κ3) is 4.33. The molecule has 0 spiro atoms. The van der Waals surface area contributed by atoms with Crippen LogP contribution in [0.25, 0.3) is 0 Å². The number of carbonyl (C=O) groups is 3. The van der Waals surface area contributed by atoms with Crippen LogP contribution in [-0.4, -0.2) is 48.0 Å². The molecule has 0 unspecified atom stereocenters. The summed E-state index contributed by atoms with van der Waals surface area (Å²) >= 11 is 0. The van der Waals surface area contributed by atoms with Gasteiger partial charge in [-0.15, -0.1) is 0 Å². The summed E-state index contributed by atoms with van der Waals surface area (Å²) < 4.78 is 15.2. The number of esters is 2. The molecule has 2 aromatic rings. The van der Waals surface area contributed by atoms with Gasteiger partial charge in [0, 0.05) is 12.7 Å². The van der Waals surface area contributed by atoms with Crippen LogP contribution in [0.15, 0.2) is 22.8 Å². The zero-order valence-corrected chi connectivity index (χ0v) is 15.3. The number of rotatable bonds is 7. The first kappa shape index (κ1) is 19.3. The van der Waals surface area contributed by atoms with Gasteiger partial charge in [-0.2, -0.15) is 0 Å². The first-order chi connectivity index (χ1) is 12.3. The first-order valence-corrected chi connectivity index (χ1v) is 8.14. The van der Waals surface area contributed by atoms with Gasteiger partial charge in [0.1, 0.15) is 11.5 Å². The van der Waals surface area contributed by atoms with E-state index in [1.165, 1.54) is 11.2 Å². The van der Waals surface area contributed by atoms with E-state index in [2.05, 4.69) is 4.98 Å². The summed E-state index contributed by atoms with van der Waals surface area (Å²) in [6.45, 7) is 5.09. The zero-order chi connectivity index (χ0) is 19.3. The van der Waals surface area contributed by atoms with Crippen molar-refractivity contribution in [3.8, 4) is 0 Å². The second kappa shape index (κ2) is 8.37. The minimum Gasteiger partial charge on any atom is -0.467 e. The second-order valence-corrected chi connectivity index (χ2v) is 5.75. The molecule has 2 aromatic heterocycles. The molecule has 1 amide bonds. The van der Waals surface area contributed by atoms with Gasteiger partial charge in [0.05, 0.1) is 25.0 Å². The molecule has 26 heavy (non-hydrogen) atoms. The van der Waals surface area contributed by atoms with E-state index in [1.54, 1.807) is 40.0 Å². The van der Waals surface area contributed by atoms with Crippen molar-refractivity contribution < 1.29 is 28.3 Å². The summed E-state index contributed by atoms with van der Waals surface area (Å²) in [6.07, 6.45) is 1.52. The predicted molar refractivity (Wildman–Crippen MR) is 91.7 cm³/mol. The van der Waals surface area contributed by atoms with Crippen molar-refractivity contribution in [2.75, 3.05) is 20.3 Å². The molecule has 0 radical (unpaired) electrons. The van der Waals surface area contributed by atoms with Gasteiger partial charge in [0.25, 0.3) is 5.91 Å². The standard InChI is InChI=1S/C18H22N2O6/c1-5-24-17(22)15-11(2)16(19-12(15)3)18(23)26-10-14(21)20(4)9-13-7-6-8-25-13/h6-8,19H,5,9-10H2,1-4H3. The Kier molecular flexibility index (Phi) is 6.21.